The van der Waals surface area contributed by atoms with Crippen LogP contribution in [0.25, 0.3) is 0 Å². The van der Waals surface area contributed by atoms with Crippen molar-refractivity contribution in [3.05, 3.63) is 35.4 Å². The zero-order valence-electron chi connectivity index (χ0n) is 18.3. The second kappa shape index (κ2) is 15.0. The SMILES string of the molecule is C/C=C/COc1cc(C)c(OCCCCCCOCC/C(C)=N/OC)c(C)c1. The Labute approximate surface area is 170 Å². The van der Waals surface area contributed by atoms with Crippen LogP contribution in [0.15, 0.2) is 29.4 Å². The fourth-order valence-corrected chi connectivity index (χ4v) is 2.82. The molecule has 0 amide bonds. The summed E-state index contributed by atoms with van der Waals surface area (Å²) < 4.78 is 17.4. The van der Waals surface area contributed by atoms with Gasteiger partial charge >= 0.3 is 0 Å². The smallest absolute Gasteiger partial charge is 0.125 e. The molecule has 0 unspecified atom stereocenters. The van der Waals surface area contributed by atoms with Crippen molar-refractivity contribution in [1.82, 2.24) is 0 Å². The molecule has 1 rings (SSSR count). The largest absolute Gasteiger partial charge is 0.493 e. The third-order valence-electron chi connectivity index (χ3n) is 4.30. The zero-order chi connectivity index (χ0) is 20.6. The minimum atomic E-state index is 0.597. The minimum absolute atomic E-state index is 0.597. The molecule has 1 aromatic rings. The number of hydrogen-bond donors (Lipinski definition) is 0. The van der Waals surface area contributed by atoms with Crippen LogP contribution >= 0.6 is 0 Å². The van der Waals surface area contributed by atoms with Gasteiger partial charge in [0.25, 0.3) is 0 Å². The molecule has 0 bridgehead atoms. The van der Waals surface area contributed by atoms with E-state index in [0.29, 0.717) is 13.2 Å². The molecule has 0 aliphatic carbocycles. The first kappa shape index (κ1) is 24.0. The highest BCUT2D eigenvalue weighted by Crippen LogP contribution is 2.28. The topological polar surface area (TPSA) is 49.3 Å². The molecular weight excluding hydrogens is 354 g/mol. The van der Waals surface area contributed by atoms with Crippen molar-refractivity contribution >= 4 is 5.71 Å². The molecule has 0 atom stereocenters. The van der Waals surface area contributed by atoms with Crippen molar-refractivity contribution in [3.63, 3.8) is 0 Å². The second-order valence-electron chi connectivity index (χ2n) is 6.90. The third-order valence-corrected chi connectivity index (χ3v) is 4.30. The molecule has 0 fully saturated rings. The number of ether oxygens (including phenoxy) is 3. The van der Waals surface area contributed by atoms with Gasteiger partial charge in [0.2, 0.25) is 0 Å². The van der Waals surface area contributed by atoms with E-state index in [4.69, 9.17) is 19.0 Å². The van der Waals surface area contributed by atoms with Crippen molar-refractivity contribution < 1.29 is 19.0 Å². The molecule has 0 N–H and O–H groups in total. The predicted molar refractivity (Wildman–Crippen MR) is 116 cm³/mol. The van der Waals surface area contributed by atoms with Crippen LogP contribution in [-0.4, -0.2) is 39.2 Å². The van der Waals surface area contributed by atoms with E-state index < -0.39 is 0 Å². The van der Waals surface area contributed by atoms with E-state index in [2.05, 4.69) is 19.0 Å². The average Bonchev–Trinajstić information content (AvgIpc) is 2.65. The van der Waals surface area contributed by atoms with Crippen LogP contribution in [0.4, 0.5) is 0 Å². The lowest BCUT2D eigenvalue weighted by Gasteiger charge is -2.14. The average molecular weight is 392 g/mol. The van der Waals surface area contributed by atoms with E-state index in [1.807, 2.05) is 38.1 Å². The molecule has 0 aromatic heterocycles. The summed E-state index contributed by atoms with van der Waals surface area (Å²) in [5, 5.41) is 3.86. The number of aryl methyl sites for hydroxylation is 2. The molecule has 0 saturated heterocycles. The van der Waals surface area contributed by atoms with Gasteiger partial charge in [-0.15, -0.1) is 0 Å². The van der Waals surface area contributed by atoms with Crippen molar-refractivity contribution in [2.75, 3.05) is 33.5 Å². The maximum Gasteiger partial charge on any atom is 0.125 e. The summed E-state index contributed by atoms with van der Waals surface area (Å²) >= 11 is 0. The summed E-state index contributed by atoms with van der Waals surface area (Å²) in [4.78, 5) is 4.72. The van der Waals surface area contributed by atoms with Gasteiger partial charge in [0.15, 0.2) is 0 Å². The predicted octanol–water partition coefficient (Wildman–Crippen LogP) is 5.63. The van der Waals surface area contributed by atoms with E-state index in [1.54, 1.807) is 7.11 Å². The number of allylic oxidation sites excluding steroid dienone is 1. The number of benzene rings is 1. The molecule has 158 valence electrons. The second-order valence-corrected chi connectivity index (χ2v) is 6.90. The van der Waals surface area contributed by atoms with E-state index in [0.717, 1.165) is 73.7 Å². The van der Waals surface area contributed by atoms with Gasteiger partial charge in [-0.3, -0.25) is 0 Å². The zero-order valence-corrected chi connectivity index (χ0v) is 18.3. The third kappa shape index (κ3) is 10.4. The quantitative estimate of drug-likeness (QED) is 0.168. The minimum Gasteiger partial charge on any atom is -0.493 e. The van der Waals surface area contributed by atoms with Crippen LogP contribution in [0.3, 0.4) is 0 Å². The van der Waals surface area contributed by atoms with Crippen LogP contribution in [0.2, 0.25) is 0 Å². The molecule has 0 saturated carbocycles. The molecule has 28 heavy (non-hydrogen) atoms. The Bertz CT molecular complexity index is 588. The van der Waals surface area contributed by atoms with E-state index in [9.17, 15) is 0 Å². The standard InChI is InChI=1S/C23H37NO4/c1-6-7-14-27-22-17-19(2)23(20(3)18-22)28-15-11-9-8-10-13-26-16-12-21(4)24-25-5/h6-7,17-18H,8-16H2,1-5H3/b7-6+,24-21+. The van der Waals surface area contributed by atoms with E-state index in [-0.39, 0.29) is 0 Å². The number of oxime groups is 1. The van der Waals surface area contributed by atoms with Gasteiger partial charge in [-0.1, -0.05) is 23.7 Å². The molecule has 0 spiro atoms. The van der Waals surface area contributed by atoms with Gasteiger partial charge in [-0.2, -0.15) is 0 Å². The van der Waals surface area contributed by atoms with E-state index >= 15 is 0 Å². The Morgan fingerprint density at radius 1 is 0.964 bits per heavy atom. The highest BCUT2D eigenvalue weighted by Gasteiger charge is 2.07. The van der Waals surface area contributed by atoms with Gasteiger partial charge in [0, 0.05) is 13.0 Å². The fourth-order valence-electron chi connectivity index (χ4n) is 2.82. The van der Waals surface area contributed by atoms with Gasteiger partial charge in [-0.25, -0.2) is 0 Å². The van der Waals surface area contributed by atoms with Crippen LogP contribution < -0.4 is 9.47 Å². The Kier molecular flexibility index (Phi) is 12.9. The highest BCUT2D eigenvalue weighted by molar-refractivity contribution is 5.81. The molecule has 0 aliphatic heterocycles. The fraction of sp³-hybridized carbons (Fsp3) is 0.609. The summed E-state index contributed by atoms with van der Waals surface area (Å²) in [5.74, 6) is 1.87. The maximum absolute atomic E-state index is 6.02. The van der Waals surface area contributed by atoms with Crippen molar-refractivity contribution in [2.24, 2.45) is 5.16 Å². The molecule has 5 heteroatoms. The summed E-state index contributed by atoms with van der Waals surface area (Å²) in [5.41, 5.74) is 3.20. The Morgan fingerprint density at radius 3 is 2.29 bits per heavy atom. The first-order valence-electron chi connectivity index (χ1n) is 10.2. The summed E-state index contributed by atoms with van der Waals surface area (Å²) in [6.45, 7) is 10.9. The lowest BCUT2D eigenvalue weighted by atomic mass is 10.1. The van der Waals surface area contributed by atoms with Crippen LogP contribution in [0, 0.1) is 13.8 Å². The summed E-state index contributed by atoms with van der Waals surface area (Å²) in [6.07, 6.45) is 9.24. The molecule has 0 aliphatic rings. The van der Waals surface area contributed by atoms with Crippen LogP contribution in [0.1, 0.15) is 57.1 Å². The Morgan fingerprint density at radius 2 is 1.64 bits per heavy atom. The van der Waals surface area contributed by atoms with Crippen molar-refractivity contribution in [2.45, 2.75) is 59.8 Å². The number of hydrogen-bond acceptors (Lipinski definition) is 5. The highest BCUT2D eigenvalue weighted by atomic mass is 16.6. The van der Waals surface area contributed by atoms with Crippen molar-refractivity contribution in [1.29, 1.82) is 0 Å². The number of rotatable bonds is 15. The van der Waals surface area contributed by atoms with E-state index in [1.165, 1.54) is 0 Å². The lowest BCUT2D eigenvalue weighted by molar-refractivity contribution is 0.134. The maximum atomic E-state index is 6.02. The van der Waals surface area contributed by atoms with Gasteiger partial charge in [0.05, 0.1) is 18.9 Å². The Hall–Kier alpha value is -2.01. The molecule has 1 aromatic carbocycles. The molecular formula is C23H37NO4. The normalized spacial score (nSPS) is 11.8. The van der Waals surface area contributed by atoms with Crippen LogP contribution in [-0.2, 0) is 9.57 Å². The number of unbranched alkanes of at least 4 members (excludes halogenated alkanes) is 3. The Balaban J connectivity index is 2.15. The van der Waals surface area contributed by atoms with Gasteiger partial charge < -0.3 is 19.0 Å². The molecule has 0 radical (unpaired) electrons. The lowest BCUT2D eigenvalue weighted by Crippen LogP contribution is -2.04. The summed E-state index contributed by atoms with van der Waals surface area (Å²) in [7, 11) is 1.56. The van der Waals surface area contributed by atoms with Crippen LogP contribution in [0.5, 0.6) is 11.5 Å². The molecule has 0 heterocycles. The summed E-state index contributed by atoms with van der Waals surface area (Å²) in [6, 6.07) is 4.09. The van der Waals surface area contributed by atoms with Gasteiger partial charge in [0.1, 0.15) is 25.2 Å². The van der Waals surface area contributed by atoms with Gasteiger partial charge in [-0.05, 0) is 70.2 Å². The van der Waals surface area contributed by atoms with Crippen molar-refractivity contribution in [3.8, 4) is 11.5 Å². The molecule has 5 nitrogen and oxygen atoms in total. The number of nitrogens with zero attached hydrogens (tertiary/aromatic N) is 1. The monoisotopic (exact) mass is 391 g/mol. The first-order valence-corrected chi connectivity index (χ1v) is 10.2. The first-order chi connectivity index (χ1) is 13.6.